The van der Waals surface area contributed by atoms with Crippen molar-refractivity contribution < 1.29 is 23.8 Å². The lowest BCUT2D eigenvalue weighted by atomic mass is 9.89. The van der Waals surface area contributed by atoms with E-state index in [2.05, 4.69) is 31.0 Å². The normalized spacial score (nSPS) is 23.2. The first-order valence-corrected chi connectivity index (χ1v) is 18.9. The Hall–Kier alpha value is -4.80. The molecule has 0 aliphatic carbocycles. The monoisotopic (exact) mass is 722 g/mol. The second-order valence-corrected chi connectivity index (χ2v) is 15.3. The average Bonchev–Trinajstić information content (AvgIpc) is 3.89. The van der Waals surface area contributed by atoms with Crippen LogP contribution in [0.25, 0.3) is 43.8 Å². The van der Waals surface area contributed by atoms with Crippen LogP contribution in [0, 0.1) is 37.9 Å². The van der Waals surface area contributed by atoms with Gasteiger partial charge in [-0.2, -0.15) is 15.5 Å². The fourth-order valence-electron chi connectivity index (χ4n) is 9.15. The molecule has 3 aliphatic rings. The first-order valence-electron chi connectivity index (χ1n) is 18.9. The molecule has 0 radical (unpaired) electrons. The van der Waals surface area contributed by atoms with Crippen molar-refractivity contribution in [2.75, 3.05) is 26.7 Å². The Morgan fingerprint density at radius 3 is 2.55 bits per heavy atom. The number of aryl methyl sites for hydroxylation is 2. The predicted molar refractivity (Wildman–Crippen MR) is 200 cm³/mol. The number of likely N-dealkylation sites (N-methyl/N-ethyl adjacent to an activating group) is 1. The summed E-state index contributed by atoms with van der Waals surface area (Å²) in [6.45, 7) is 10.0. The lowest BCUT2D eigenvalue weighted by molar-refractivity contribution is -0.0366. The summed E-state index contributed by atoms with van der Waals surface area (Å²) in [7, 11) is 2.10. The van der Waals surface area contributed by atoms with E-state index in [1.807, 2.05) is 42.4 Å². The van der Waals surface area contributed by atoms with Crippen molar-refractivity contribution in [1.82, 2.24) is 34.3 Å². The van der Waals surface area contributed by atoms with Crippen LogP contribution >= 0.6 is 0 Å². The Balaban J connectivity index is 1.32. The molecule has 2 aromatic carbocycles. The zero-order valence-corrected chi connectivity index (χ0v) is 31.1. The van der Waals surface area contributed by atoms with Crippen LogP contribution in [0.3, 0.4) is 0 Å². The maximum Gasteiger partial charge on any atom is 0.407 e. The van der Waals surface area contributed by atoms with Gasteiger partial charge in [-0.15, -0.1) is 0 Å². The number of carbonyl (C=O) groups is 1. The Labute approximate surface area is 308 Å². The Kier molecular flexibility index (Phi) is 9.23. The number of likely N-dealkylation sites (tertiary alicyclic amines) is 2. The number of aromatic nitrogens is 5. The summed E-state index contributed by atoms with van der Waals surface area (Å²) in [6, 6.07) is 5.78. The maximum atomic E-state index is 17.7. The Morgan fingerprint density at radius 2 is 1.83 bits per heavy atom. The highest BCUT2D eigenvalue weighted by molar-refractivity contribution is 6.09. The van der Waals surface area contributed by atoms with Crippen molar-refractivity contribution in [2.45, 2.75) is 110 Å². The number of amides is 1. The topological polar surface area (TPSA) is 135 Å². The van der Waals surface area contributed by atoms with Gasteiger partial charge < -0.3 is 19.5 Å². The van der Waals surface area contributed by atoms with Crippen LogP contribution in [-0.2, 0) is 4.74 Å². The van der Waals surface area contributed by atoms with E-state index in [-0.39, 0.29) is 42.9 Å². The molecule has 1 amide bonds. The van der Waals surface area contributed by atoms with E-state index >= 15 is 4.39 Å². The van der Waals surface area contributed by atoms with E-state index in [0.717, 1.165) is 71.8 Å². The third kappa shape index (κ3) is 5.96. The zero-order chi connectivity index (χ0) is 37.1. The van der Waals surface area contributed by atoms with Crippen LogP contribution in [0.2, 0.25) is 0 Å². The maximum absolute atomic E-state index is 17.7. The summed E-state index contributed by atoms with van der Waals surface area (Å²) in [5, 5.41) is 31.2. The third-order valence-corrected chi connectivity index (χ3v) is 12.1. The van der Waals surface area contributed by atoms with Gasteiger partial charge in [0.1, 0.15) is 11.6 Å². The van der Waals surface area contributed by atoms with E-state index < -0.39 is 18.0 Å². The number of nitriles is 1. The van der Waals surface area contributed by atoms with Gasteiger partial charge in [0, 0.05) is 35.5 Å². The van der Waals surface area contributed by atoms with E-state index in [9.17, 15) is 15.2 Å². The Bertz CT molecular complexity index is 2270. The van der Waals surface area contributed by atoms with Crippen molar-refractivity contribution in [3.8, 4) is 23.1 Å². The number of hydrogen-bond acceptors (Lipinski definition) is 8. The standard InChI is InChI=1S/C40H47FN8O4/c1-22-18-32-29(20-44-49(32)33-10-6-7-16-52-33)35(24(22)3)34-23(2)17-28-37(36(34)41)45-39(53-25(4)31-9-8-14-46(31)5)30-21-43-48(38(28)30)27-12-15-47(40(50)51)26(19-27)11-13-42/h17-18,20-21,25-27,31,33H,6-12,14-16,19H2,1-5H3,(H,50,51)/t25?,26-,27+,31+,33?/m1/s1. The second kappa shape index (κ2) is 13.9. The van der Waals surface area contributed by atoms with Crippen molar-refractivity contribution in [2.24, 2.45) is 0 Å². The van der Waals surface area contributed by atoms with Gasteiger partial charge in [-0.05, 0) is 121 Å². The van der Waals surface area contributed by atoms with Crippen molar-refractivity contribution >= 4 is 38.8 Å². The van der Waals surface area contributed by atoms with Crippen LogP contribution in [0.4, 0.5) is 9.18 Å². The molecule has 3 saturated heterocycles. The summed E-state index contributed by atoms with van der Waals surface area (Å²) < 4.78 is 34.3. The number of halogens is 1. The van der Waals surface area contributed by atoms with E-state index in [0.29, 0.717) is 47.2 Å². The smallest absolute Gasteiger partial charge is 0.407 e. The van der Waals surface area contributed by atoms with Crippen molar-refractivity contribution in [1.29, 1.82) is 5.26 Å². The van der Waals surface area contributed by atoms with Crippen LogP contribution in [0.15, 0.2) is 24.5 Å². The van der Waals surface area contributed by atoms with E-state index in [1.54, 1.807) is 6.20 Å². The number of pyridine rings is 1. The average molecular weight is 723 g/mol. The van der Waals surface area contributed by atoms with Crippen LogP contribution in [-0.4, -0.2) is 90.5 Å². The molecule has 3 aliphatic heterocycles. The largest absolute Gasteiger partial charge is 0.472 e. The molecule has 13 heteroatoms. The number of carboxylic acid groups (broad SMARTS) is 1. The third-order valence-electron chi connectivity index (χ3n) is 12.1. The molecule has 6 heterocycles. The first-order chi connectivity index (χ1) is 25.6. The lowest BCUT2D eigenvalue weighted by Crippen LogP contribution is -2.45. The molecule has 12 nitrogen and oxygen atoms in total. The van der Waals surface area contributed by atoms with Crippen LogP contribution in [0.5, 0.6) is 5.88 Å². The number of benzene rings is 2. The molecular formula is C40H47FN8O4. The fraction of sp³-hybridized carbons (Fsp3) is 0.525. The number of hydrogen-bond donors (Lipinski definition) is 1. The SMILES string of the molecule is Cc1cc2c(cnn2C2CCCCO2)c(-c2c(C)cc3c(nc(OC(C)[C@@H]4CCCN4C)c4cnn([C@H]5CCN(C(=O)O)[C@H](CC#N)C5)c43)c2F)c1C. The first kappa shape index (κ1) is 35.2. The number of piperidine rings is 1. The second-order valence-electron chi connectivity index (χ2n) is 15.3. The highest BCUT2D eigenvalue weighted by atomic mass is 19.1. The minimum absolute atomic E-state index is 0.0793. The summed E-state index contributed by atoms with van der Waals surface area (Å²) >= 11 is 0. The quantitative estimate of drug-likeness (QED) is 0.178. The van der Waals surface area contributed by atoms with Gasteiger partial charge in [-0.3, -0.25) is 9.58 Å². The summed E-state index contributed by atoms with van der Waals surface area (Å²) in [5.41, 5.74) is 5.82. The lowest BCUT2D eigenvalue weighted by Gasteiger charge is -2.37. The molecule has 2 unspecified atom stereocenters. The van der Waals surface area contributed by atoms with Crippen molar-refractivity contribution in [3.63, 3.8) is 0 Å². The summed E-state index contributed by atoms with van der Waals surface area (Å²) in [5.74, 6) is -0.116. The highest BCUT2D eigenvalue weighted by Gasteiger charge is 2.35. The molecule has 5 atom stereocenters. The van der Waals surface area contributed by atoms with Gasteiger partial charge in [0.2, 0.25) is 5.88 Å². The van der Waals surface area contributed by atoms with Gasteiger partial charge >= 0.3 is 6.09 Å². The molecule has 3 fully saturated rings. The summed E-state index contributed by atoms with van der Waals surface area (Å²) in [4.78, 5) is 20.7. The number of rotatable bonds is 7. The van der Waals surface area contributed by atoms with Gasteiger partial charge in [0.25, 0.3) is 0 Å². The van der Waals surface area contributed by atoms with Gasteiger partial charge in [-0.1, -0.05) is 0 Å². The number of fused-ring (bicyclic) bond motifs is 4. The zero-order valence-electron chi connectivity index (χ0n) is 31.1. The molecule has 0 spiro atoms. The predicted octanol–water partition coefficient (Wildman–Crippen LogP) is 7.82. The van der Waals surface area contributed by atoms with Gasteiger partial charge in [0.05, 0.1) is 53.4 Å². The molecule has 5 aromatic rings. The number of nitrogens with zero attached hydrogens (tertiary/aromatic N) is 8. The van der Waals surface area contributed by atoms with E-state index in [1.165, 1.54) is 4.90 Å². The molecule has 0 bridgehead atoms. The fourth-order valence-corrected chi connectivity index (χ4v) is 9.15. The molecule has 1 N–H and O–H groups in total. The summed E-state index contributed by atoms with van der Waals surface area (Å²) in [6.07, 6.45) is 8.21. The minimum atomic E-state index is -1.03. The molecule has 0 saturated carbocycles. The molecule has 53 heavy (non-hydrogen) atoms. The van der Waals surface area contributed by atoms with Gasteiger partial charge in [0.15, 0.2) is 12.0 Å². The molecule has 3 aromatic heterocycles. The highest BCUT2D eigenvalue weighted by Crippen LogP contribution is 2.44. The van der Waals surface area contributed by atoms with Crippen LogP contribution in [0.1, 0.15) is 87.3 Å². The molecule has 278 valence electrons. The number of ether oxygens (including phenoxy) is 2. The van der Waals surface area contributed by atoms with Gasteiger partial charge in [-0.25, -0.2) is 18.9 Å². The minimum Gasteiger partial charge on any atom is -0.472 e. The van der Waals surface area contributed by atoms with E-state index in [4.69, 9.17) is 24.7 Å². The Morgan fingerprint density at radius 1 is 1.04 bits per heavy atom. The van der Waals surface area contributed by atoms with Crippen molar-refractivity contribution in [3.05, 3.63) is 47.0 Å². The van der Waals surface area contributed by atoms with Crippen LogP contribution < -0.4 is 4.74 Å². The molecular weight excluding hydrogens is 675 g/mol. The molecule has 8 rings (SSSR count).